The largest absolute Gasteiger partial charge is 0.389 e. The summed E-state index contributed by atoms with van der Waals surface area (Å²) in [5.41, 5.74) is 0. The summed E-state index contributed by atoms with van der Waals surface area (Å²) in [7, 11) is 0. The average Bonchev–Trinajstić information content (AvgIpc) is 1.89. The molecular formula is C7H10O2. The van der Waals surface area contributed by atoms with Crippen molar-refractivity contribution in [1.29, 1.82) is 0 Å². The van der Waals surface area contributed by atoms with Gasteiger partial charge in [0.05, 0.1) is 6.10 Å². The number of rotatable bonds is 0. The maximum atomic E-state index is 9.10. The van der Waals surface area contributed by atoms with Crippen LogP contribution in [-0.2, 0) is 4.74 Å². The second kappa shape index (κ2) is 2.86. The summed E-state index contributed by atoms with van der Waals surface area (Å²) in [6.45, 7) is 0.686. The Morgan fingerprint density at radius 3 is 2.89 bits per heavy atom. The highest BCUT2D eigenvalue weighted by Gasteiger charge is 2.20. The first-order valence-corrected chi connectivity index (χ1v) is 3.10. The molecule has 9 heavy (non-hydrogen) atoms. The van der Waals surface area contributed by atoms with Crippen LogP contribution < -0.4 is 0 Å². The molecule has 0 aromatic rings. The first-order chi connectivity index (χ1) is 4.34. The molecule has 1 fully saturated rings. The van der Waals surface area contributed by atoms with Crippen LogP contribution in [0.5, 0.6) is 0 Å². The van der Waals surface area contributed by atoms with E-state index in [4.69, 9.17) is 16.3 Å². The number of aliphatic hydroxyl groups excluding tert-OH is 1. The number of terminal acetylenes is 1. The zero-order valence-corrected chi connectivity index (χ0v) is 5.21. The molecule has 1 rings (SSSR count). The molecule has 50 valence electrons. The van der Waals surface area contributed by atoms with Crippen LogP contribution in [-0.4, -0.2) is 23.9 Å². The molecule has 2 nitrogen and oxygen atoms in total. The fourth-order valence-corrected chi connectivity index (χ4v) is 0.924. The molecule has 1 aliphatic heterocycles. The van der Waals surface area contributed by atoms with Crippen molar-refractivity contribution in [2.45, 2.75) is 25.0 Å². The summed E-state index contributed by atoms with van der Waals surface area (Å²) in [5.74, 6) is 2.38. The number of ether oxygens (including phenoxy) is 1. The third kappa shape index (κ3) is 1.44. The van der Waals surface area contributed by atoms with Crippen LogP contribution in [0.15, 0.2) is 0 Å². The molecule has 0 aromatic heterocycles. The van der Waals surface area contributed by atoms with Gasteiger partial charge in [-0.25, -0.2) is 0 Å². The smallest absolute Gasteiger partial charge is 0.143 e. The molecule has 1 aliphatic rings. The summed E-state index contributed by atoms with van der Waals surface area (Å²) in [6, 6.07) is 0. The van der Waals surface area contributed by atoms with Gasteiger partial charge in [0.25, 0.3) is 0 Å². The van der Waals surface area contributed by atoms with Gasteiger partial charge < -0.3 is 9.84 Å². The molecule has 0 unspecified atom stereocenters. The summed E-state index contributed by atoms with van der Waals surface area (Å²) in [4.78, 5) is 0. The maximum Gasteiger partial charge on any atom is 0.143 e. The Morgan fingerprint density at radius 2 is 2.44 bits per heavy atom. The van der Waals surface area contributed by atoms with Gasteiger partial charge in [-0.15, -0.1) is 6.42 Å². The van der Waals surface area contributed by atoms with Crippen LogP contribution in [0.2, 0.25) is 0 Å². The molecule has 1 heterocycles. The molecule has 0 saturated carbocycles. The minimum atomic E-state index is -0.441. The summed E-state index contributed by atoms with van der Waals surface area (Å²) < 4.78 is 5.05. The lowest BCUT2D eigenvalue weighted by Gasteiger charge is -2.23. The summed E-state index contributed by atoms with van der Waals surface area (Å²) in [6.07, 6.45) is 5.94. The van der Waals surface area contributed by atoms with E-state index in [0.717, 1.165) is 12.8 Å². The highest BCUT2D eigenvalue weighted by molar-refractivity contribution is 4.99. The highest BCUT2D eigenvalue weighted by Crippen LogP contribution is 2.12. The first-order valence-electron chi connectivity index (χ1n) is 3.10. The summed E-state index contributed by atoms with van der Waals surface area (Å²) in [5, 5.41) is 9.10. The molecule has 0 aromatic carbocycles. The Hall–Kier alpha value is -0.520. The van der Waals surface area contributed by atoms with Crippen molar-refractivity contribution in [2.24, 2.45) is 0 Å². The van der Waals surface area contributed by atoms with Gasteiger partial charge in [-0.1, -0.05) is 5.92 Å². The van der Waals surface area contributed by atoms with Gasteiger partial charge in [-0.3, -0.25) is 0 Å². The van der Waals surface area contributed by atoms with Crippen molar-refractivity contribution in [3.8, 4) is 12.3 Å². The molecule has 1 N–H and O–H groups in total. The molecule has 0 bridgehead atoms. The van der Waals surface area contributed by atoms with Crippen LogP contribution in [0.4, 0.5) is 0 Å². The molecule has 0 amide bonds. The lowest BCUT2D eigenvalue weighted by Crippen LogP contribution is -2.32. The van der Waals surface area contributed by atoms with Gasteiger partial charge in [0, 0.05) is 6.61 Å². The van der Waals surface area contributed by atoms with Gasteiger partial charge in [-0.2, -0.15) is 0 Å². The third-order valence-corrected chi connectivity index (χ3v) is 1.46. The Kier molecular flexibility index (Phi) is 2.10. The van der Waals surface area contributed by atoms with E-state index in [-0.39, 0.29) is 6.10 Å². The number of hydrogen-bond donors (Lipinski definition) is 1. The molecular weight excluding hydrogens is 116 g/mol. The van der Waals surface area contributed by atoms with E-state index in [1.807, 2.05) is 0 Å². The van der Waals surface area contributed by atoms with Crippen LogP contribution in [0.3, 0.4) is 0 Å². The van der Waals surface area contributed by atoms with Crippen molar-refractivity contribution < 1.29 is 9.84 Å². The monoisotopic (exact) mass is 126 g/mol. The minimum Gasteiger partial charge on any atom is -0.389 e. The standard InChI is InChI=1S/C7H10O2/c1-2-7-6(8)4-3-5-9-7/h1,6-8H,3-5H2/t6-,7+/m1/s1. The molecule has 2 atom stereocenters. The molecule has 0 spiro atoms. The maximum absolute atomic E-state index is 9.10. The van der Waals surface area contributed by atoms with Crippen molar-refractivity contribution >= 4 is 0 Å². The Morgan fingerprint density at radius 1 is 1.67 bits per heavy atom. The molecule has 0 aliphatic carbocycles. The first kappa shape index (κ1) is 6.60. The zero-order valence-electron chi connectivity index (χ0n) is 5.21. The Balaban J connectivity index is 2.41. The van der Waals surface area contributed by atoms with E-state index in [1.165, 1.54) is 0 Å². The quantitative estimate of drug-likeness (QED) is 0.468. The van der Waals surface area contributed by atoms with E-state index in [0.29, 0.717) is 6.61 Å². The van der Waals surface area contributed by atoms with E-state index in [9.17, 15) is 0 Å². The van der Waals surface area contributed by atoms with Crippen molar-refractivity contribution in [2.75, 3.05) is 6.61 Å². The van der Waals surface area contributed by atoms with Crippen LogP contribution in [0.25, 0.3) is 0 Å². The van der Waals surface area contributed by atoms with Gasteiger partial charge in [0.1, 0.15) is 6.10 Å². The fraction of sp³-hybridized carbons (Fsp3) is 0.714. The molecule has 2 heteroatoms. The van der Waals surface area contributed by atoms with Gasteiger partial charge in [-0.05, 0) is 12.8 Å². The normalized spacial score (nSPS) is 35.6. The Bertz CT molecular complexity index is 125. The predicted molar refractivity (Wildman–Crippen MR) is 33.8 cm³/mol. The van der Waals surface area contributed by atoms with Gasteiger partial charge in [0.15, 0.2) is 0 Å². The van der Waals surface area contributed by atoms with Crippen LogP contribution in [0.1, 0.15) is 12.8 Å². The summed E-state index contributed by atoms with van der Waals surface area (Å²) >= 11 is 0. The molecule has 1 saturated heterocycles. The zero-order chi connectivity index (χ0) is 6.69. The van der Waals surface area contributed by atoms with Crippen molar-refractivity contribution in [3.05, 3.63) is 0 Å². The average molecular weight is 126 g/mol. The second-order valence-electron chi connectivity index (χ2n) is 2.17. The number of hydrogen-bond acceptors (Lipinski definition) is 2. The predicted octanol–water partition coefficient (Wildman–Crippen LogP) is 0.160. The van der Waals surface area contributed by atoms with E-state index >= 15 is 0 Å². The lowest BCUT2D eigenvalue weighted by atomic mass is 10.1. The lowest BCUT2D eigenvalue weighted by molar-refractivity contribution is -0.0433. The SMILES string of the molecule is C#C[C@@H]1OCCC[C@H]1O. The highest BCUT2D eigenvalue weighted by atomic mass is 16.5. The fourth-order valence-electron chi connectivity index (χ4n) is 0.924. The second-order valence-corrected chi connectivity index (χ2v) is 2.17. The molecule has 0 radical (unpaired) electrons. The third-order valence-electron chi connectivity index (χ3n) is 1.46. The van der Waals surface area contributed by atoms with E-state index in [2.05, 4.69) is 5.92 Å². The van der Waals surface area contributed by atoms with Crippen LogP contribution in [0, 0.1) is 12.3 Å². The van der Waals surface area contributed by atoms with Gasteiger partial charge >= 0.3 is 0 Å². The topological polar surface area (TPSA) is 29.5 Å². The van der Waals surface area contributed by atoms with Crippen molar-refractivity contribution in [3.63, 3.8) is 0 Å². The van der Waals surface area contributed by atoms with Crippen molar-refractivity contribution in [1.82, 2.24) is 0 Å². The van der Waals surface area contributed by atoms with E-state index in [1.54, 1.807) is 0 Å². The van der Waals surface area contributed by atoms with E-state index < -0.39 is 6.10 Å². The Labute approximate surface area is 54.8 Å². The van der Waals surface area contributed by atoms with Crippen LogP contribution >= 0.6 is 0 Å². The number of aliphatic hydroxyl groups is 1. The van der Waals surface area contributed by atoms with Gasteiger partial charge in [0.2, 0.25) is 0 Å². The minimum absolute atomic E-state index is 0.362.